The van der Waals surface area contributed by atoms with Crippen LogP contribution in [-0.2, 0) is 9.53 Å². The van der Waals surface area contributed by atoms with Crippen LogP contribution in [0.2, 0.25) is 0 Å². The Bertz CT molecular complexity index is 207. The summed E-state index contributed by atoms with van der Waals surface area (Å²) in [5.41, 5.74) is 0. The number of carbonyl (C=O) groups excluding carboxylic acids is 1. The highest BCUT2D eigenvalue weighted by Crippen LogP contribution is 2.09. The van der Waals surface area contributed by atoms with Crippen molar-refractivity contribution in [3.63, 3.8) is 0 Å². The lowest BCUT2D eigenvalue weighted by atomic mass is 10.2. The number of nitrogens with zero attached hydrogens (tertiary/aromatic N) is 1. The van der Waals surface area contributed by atoms with E-state index in [2.05, 4.69) is 19.2 Å². The first-order chi connectivity index (χ1) is 7.15. The Labute approximate surface area is 92.0 Å². The van der Waals surface area contributed by atoms with Gasteiger partial charge >= 0.3 is 0 Å². The van der Waals surface area contributed by atoms with Gasteiger partial charge in [-0.05, 0) is 19.4 Å². The fraction of sp³-hybridized carbons (Fsp3) is 0.909. The van der Waals surface area contributed by atoms with Crippen molar-refractivity contribution in [3.05, 3.63) is 0 Å². The van der Waals surface area contributed by atoms with Crippen molar-refractivity contribution in [1.82, 2.24) is 10.2 Å². The largest absolute Gasteiger partial charge is 0.379 e. The fourth-order valence-corrected chi connectivity index (χ4v) is 1.72. The maximum Gasteiger partial charge on any atom is 0.239 e. The van der Waals surface area contributed by atoms with Gasteiger partial charge in [0.25, 0.3) is 0 Å². The van der Waals surface area contributed by atoms with Gasteiger partial charge in [-0.2, -0.15) is 0 Å². The molecule has 1 fully saturated rings. The van der Waals surface area contributed by atoms with Crippen LogP contribution in [0, 0.1) is 5.92 Å². The second-order valence-electron chi connectivity index (χ2n) is 4.42. The van der Waals surface area contributed by atoms with Crippen LogP contribution in [0.15, 0.2) is 0 Å². The van der Waals surface area contributed by atoms with Crippen LogP contribution in [0.4, 0.5) is 0 Å². The van der Waals surface area contributed by atoms with E-state index in [1.54, 1.807) is 0 Å². The molecule has 1 heterocycles. The molecule has 0 aromatic heterocycles. The molecule has 4 heteroatoms. The number of hydrogen-bond acceptors (Lipinski definition) is 3. The molecule has 0 bridgehead atoms. The van der Waals surface area contributed by atoms with Crippen LogP contribution in [0.25, 0.3) is 0 Å². The number of rotatable bonds is 6. The lowest BCUT2D eigenvalue weighted by molar-refractivity contribution is -0.130. The quantitative estimate of drug-likeness (QED) is 0.654. The molecule has 0 aromatic rings. The van der Waals surface area contributed by atoms with Crippen LogP contribution in [0.3, 0.4) is 0 Å². The van der Waals surface area contributed by atoms with Gasteiger partial charge in [-0.25, -0.2) is 0 Å². The second kappa shape index (κ2) is 6.08. The third kappa shape index (κ3) is 3.80. The van der Waals surface area contributed by atoms with Gasteiger partial charge in [0.15, 0.2) is 0 Å². The minimum atomic E-state index is 0.0232. The number of hydrogen-bond donors (Lipinski definition) is 1. The third-order valence-electron chi connectivity index (χ3n) is 2.60. The normalized spacial score (nSPS) is 21.7. The lowest BCUT2D eigenvalue weighted by Crippen LogP contribution is -2.37. The number of likely N-dealkylation sites (tertiary alicyclic amines) is 1. The van der Waals surface area contributed by atoms with Crippen molar-refractivity contribution in [2.75, 3.05) is 33.4 Å². The van der Waals surface area contributed by atoms with E-state index >= 15 is 0 Å². The van der Waals surface area contributed by atoms with Gasteiger partial charge in [0.05, 0.1) is 12.6 Å². The molecule has 1 saturated heterocycles. The van der Waals surface area contributed by atoms with Crippen molar-refractivity contribution >= 4 is 5.91 Å². The summed E-state index contributed by atoms with van der Waals surface area (Å²) in [4.78, 5) is 13.5. The molecule has 1 aliphatic heterocycles. The predicted molar refractivity (Wildman–Crippen MR) is 59.7 cm³/mol. The Kier molecular flexibility index (Phi) is 5.05. The number of likely N-dealkylation sites (N-methyl/N-ethyl adjacent to an activating group) is 1. The molecule has 1 atom stereocenters. The fourth-order valence-electron chi connectivity index (χ4n) is 1.72. The molecule has 0 radical (unpaired) electrons. The van der Waals surface area contributed by atoms with Crippen molar-refractivity contribution in [2.24, 2.45) is 5.92 Å². The zero-order valence-electron chi connectivity index (χ0n) is 9.95. The highest BCUT2D eigenvalue weighted by Gasteiger charge is 2.29. The molecule has 0 aliphatic carbocycles. The highest BCUT2D eigenvalue weighted by molar-refractivity contribution is 5.83. The maximum atomic E-state index is 11.7. The number of amides is 1. The van der Waals surface area contributed by atoms with E-state index in [0.717, 1.165) is 26.1 Å². The van der Waals surface area contributed by atoms with Crippen molar-refractivity contribution in [3.8, 4) is 0 Å². The Hall–Kier alpha value is -0.610. The molecule has 0 aromatic carbocycles. The van der Waals surface area contributed by atoms with E-state index in [9.17, 15) is 4.79 Å². The van der Waals surface area contributed by atoms with E-state index in [1.165, 1.54) is 0 Å². The summed E-state index contributed by atoms with van der Waals surface area (Å²) >= 11 is 0. The highest BCUT2D eigenvalue weighted by atomic mass is 16.5. The standard InChI is InChI=1S/C11H22N2O2/c1-9(2)8-15-7-6-13-5-4-10(12-3)11(13)14/h9-10,12H,4-8H2,1-3H3. The lowest BCUT2D eigenvalue weighted by Gasteiger charge is -2.16. The minimum Gasteiger partial charge on any atom is -0.379 e. The van der Waals surface area contributed by atoms with Gasteiger partial charge in [0.2, 0.25) is 5.91 Å². The average Bonchev–Trinajstić information content (AvgIpc) is 2.54. The molecular formula is C11H22N2O2. The van der Waals surface area contributed by atoms with Crippen LogP contribution in [0.1, 0.15) is 20.3 Å². The SMILES string of the molecule is CNC1CCN(CCOCC(C)C)C1=O. The number of carbonyl (C=O) groups is 1. The summed E-state index contributed by atoms with van der Waals surface area (Å²) in [5.74, 6) is 0.773. The summed E-state index contributed by atoms with van der Waals surface area (Å²) in [7, 11) is 1.83. The van der Waals surface area contributed by atoms with Crippen LogP contribution < -0.4 is 5.32 Å². The van der Waals surface area contributed by atoms with Gasteiger partial charge in [0, 0.05) is 19.7 Å². The maximum absolute atomic E-state index is 11.7. The smallest absolute Gasteiger partial charge is 0.239 e. The Morgan fingerprint density at radius 1 is 1.60 bits per heavy atom. The topological polar surface area (TPSA) is 41.6 Å². The molecular weight excluding hydrogens is 192 g/mol. The molecule has 15 heavy (non-hydrogen) atoms. The summed E-state index contributed by atoms with van der Waals surface area (Å²) in [6.07, 6.45) is 0.916. The van der Waals surface area contributed by atoms with Crippen molar-refractivity contribution < 1.29 is 9.53 Å². The first kappa shape index (κ1) is 12.5. The summed E-state index contributed by atoms with van der Waals surface area (Å²) in [6.45, 7) is 7.26. The zero-order valence-corrected chi connectivity index (χ0v) is 9.95. The monoisotopic (exact) mass is 214 g/mol. The van der Waals surface area contributed by atoms with Crippen molar-refractivity contribution in [2.45, 2.75) is 26.3 Å². The van der Waals surface area contributed by atoms with Gasteiger partial charge in [-0.15, -0.1) is 0 Å². The summed E-state index contributed by atoms with van der Waals surface area (Å²) in [5, 5.41) is 3.02. The number of nitrogens with one attached hydrogen (secondary N) is 1. The van der Waals surface area contributed by atoms with E-state index in [4.69, 9.17) is 4.74 Å². The molecule has 1 rings (SSSR count). The van der Waals surface area contributed by atoms with Crippen LogP contribution >= 0.6 is 0 Å². The van der Waals surface area contributed by atoms with Gasteiger partial charge in [-0.3, -0.25) is 4.79 Å². The zero-order chi connectivity index (χ0) is 11.3. The van der Waals surface area contributed by atoms with E-state index in [1.807, 2.05) is 11.9 Å². The van der Waals surface area contributed by atoms with Crippen LogP contribution in [-0.4, -0.2) is 50.2 Å². The molecule has 0 spiro atoms. The first-order valence-electron chi connectivity index (χ1n) is 5.69. The second-order valence-corrected chi connectivity index (χ2v) is 4.42. The van der Waals surface area contributed by atoms with Crippen molar-refractivity contribution in [1.29, 1.82) is 0 Å². The Morgan fingerprint density at radius 3 is 2.87 bits per heavy atom. The molecule has 0 saturated carbocycles. The van der Waals surface area contributed by atoms with Crippen LogP contribution in [0.5, 0.6) is 0 Å². The minimum absolute atomic E-state index is 0.0232. The Balaban J connectivity index is 2.15. The molecule has 1 amide bonds. The molecule has 1 N–H and O–H groups in total. The third-order valence-corrected chi connectivity index (χ3v) is 2.60. The van der Waals surface area contributed by atoms with Gasteiger partial charge in [-0.1, -0.05) is 13.8 Å². The molecule has 1 aliphatic rings. The van der Waals surface area contributed by atoms with Gasteiger partial charge < -0.3 is 15.0 Å². The predicted octanol–water partition coefficient (Wildman–Crippen LogP) is 0.479. The van der Waals surface area contributed by atoms with E-state index in [0.29, 0.717) is 12.5 Å². The van der Waals surface area contributed by atoms with E-state index in [-0.39, 0.29) is 11.9 Å². The first-order valence-corrected chi connectivity index (χ1v) is 5.69. The molecule has 88 valence electrons. The average molecular weight is 214 g/mol. The Morgan fingerprint density at radius 2 is 2.33 bits per heavy atom. The number of ether oxygens (including phenoxy) is 1. The summed E-state index contributed by atoms with van der Waals surface area (Å²) in [6, 6.07) is 0.0232. The summed E-state index contributed by atoms with van der Waals surface area (Å²) < 4.78 is 5.46. The molecule has 1 unspecified atom stereocenters. The van der Waals surface area contributed by atoms with Gasteiger partial charge in [0.1, 0.15) is 0 Å². The molecule has 4 nitrogen and oxygen atoms in total. The van der Waals surface area contributed by atoms with E-state index < -0.39 is 0 Å².